The summed E-state index contributed by atoms with van der Waals surface area (Å²) in [5.41, 5.74) is 2.86. The molecule has 5 rings (SSSR count). The van der Waals surface area contributed by atoms with E-state index < -0.39 is 0 Å². The second-order valence-corrected chi connectivity index (χ2v) is 7.67. The van der Waals surface area contributed by atoms with Crippen molar-refractivity contribution in [2.24, 2.45) is 0 Å². The summed E-state index contributed by atoms with van der Waals surface area (Å²) in [6.07, 6.45) is 5.87. The van der Waals surface area contributed by atoms with E-state index in [0.29, 0.717) is 24.2 Å². The molecule has 3 heterocycles. The number of nitrogens with zero attached hydrogens (tertiary/aromatic N) is 6. The molecule has 29 heavy (non-hydrogen) atoms. The molecule has 0 aliphatic heterocycles. The Morgan fingerprint density at radius 2 is 2.03 bits per heavy atom. The second-order valence-electron chi connectivity index (χ2n) is 6.81. The van der Waals surface area contributed by atoms with Gasteiger partial charge in [-0.15, -0.1) is 0 Å². The molecule has 3 N–H and O–H groups in total. The van der Waals surface area contributed by atoms with Crippen LogP contribution in [0.3, 0.4) is 0 Å². The number of aromatic nitrogens is 7. The predicted octanol–water partition coefficient (Wildman–Crippen LogP) is 3.78. The number of para-hydroxylation sites is 1. The Morgan fingerprint density at radius 3 is 2.86 bits per heavy atom. The lowest BCUT2D eigenvalue weighted by molar-refractivity contribution is 0.740. The first-order chi connectivity index (χ1) is 14.2. The Labute approximate surface area is 175 Å². The van der Waals surface area contributed by atoms with Crippen LogP contribution in [0.25, 0.3) is 5.69 Å². The van der Waals surface area contributed by atoms with Gasteiger partial charge in [0.05, 0.1) is 22.9 Å². The molecule has 4 aromatic rings. The van der Waals surface area contributed by atoms with Crippen LogP contribution in [0.15, 0.2) is 53.3 Å². The van der Waals surface area contributed by atoms with Gasteiger partial charge >= 0.3 is 0 Å². The molecule has 0 atom stereocenters. The number of hydrogen-bond donors (Lipinski definition) is 3. The van der Waals surface area contributed by atoms with E-state index in [-0.39, 0.29) is 0 Å². The normalized spacial score (nSPS) is 13.4. The Balaban J connectivity index is 1.25. The average molecular weight is 452 g/mol. The van der Waals surface area contributed by atoms with E-state index in [0.717, 1.165) is 27.4 Å². The van der Waals surface area contributed by atoms with Gasteiger partial charge in [0.2, 0.25) is 5.95 Å². The van der Waals surface area contributed by atoms with Gasteiger partial charge in [-0.25, -0.2) is 4.98 Å². The van der Waals surface area contributed by atoms with Crippen LogP contribution < -0.4 is 10.6 Å². The van der Waals surface area contributed by atoms with E-state index in [1.54, 1.807) is 17.2 Å². The summed E-state index contributed by atoms with van der Waals surface area (Å²) in [6.45, 7) is 0.460. The first kappa shape index (κ1) is 17.8. The van der Waals surface area contributed by atoms with Crippen molar-refractivity contribution in [3.63, 3.8) is 0 Å². The minimum Gasteiger partial charge on any atom is -0.348 e. The topological polar surface area (TPSA) is 109 Å². The third kappa shape index (κ3) is 4.11. The molecular formula is C19H18BrN9. The van der Waals surface area contributed by atoms with Crippen LogP contribution in [0.4, 0.5) is 17.6 Å². The summed E-state index contributed by atoms with van der Waals surface area (Å²) in [6, 6.07) is 11.8. The van der Waals surface area contributed by atoms with Crippen LogP contribution in [0.1, 0.15) is 30.1 Å². The van der Waals surface area contributed by atoms with E-state index >= 15 is 0 Å². The lowest BCUT2D eigenvalue weighted by atomic mass is 10.3. The maximum absolute atomic E-state index is 4.53. The smallest absolute Gasteiger partial charge is 0.225 e. The molecule has 146 valence electrons. The quantitative estimate of drug-likeness (QED) is 0.392. The molecule has 10 heteroatoms. The maximum Gasteiger partial charge on any atom is 0.225 e. The fraction of sp³-hybridized carbons (Fsp3) is 0.211. The van der Waals surface area contributed by atoms with Crippen molar-refractivity contribution in [1.82, 2.24) is 35.2 Å². The van der Waals surface area contributed by atoms with Gasteiger partial charge in [-0.2, -0.15) is 25.1 Å². The summed E-state index contributed by atoms with van der Waals surface area (Å²) in [4.78, 5) is 10.4. The van der Waals surface area contributed by atoms with Gasteiger partial charge in [0, 0.05) is 23.9 Å². The minimum atomic E-state index is 0.460. The highest BCUT2D eigenvalue weighted by atomic mass is 79.9. The number of H-pyrrole nitrogens is 1. The van der Waals surface area contributed by atoms with Crippen LogP contribution in [-0.2, 0) is 6.54 Å². The molecule has 1 fully saturated rings. The van der Waals surface area contributed by atoms with Gasteiger partial charge in [0.25, 0.3) is 0 Å². The van der Waals surface area contributed by atoms with Crippen LogP contribution >= 0.6 is 15.9 Å². The molecule has 9 nitrogen and oxygen atoms in total. The minimum absolute atomic E-state index is 0.460. The van der Waals surface area contributed by atoms with Gasteiger partial charge in [0.15, 0.2) is 11.6 Å². The molecule has 0 saturated heterocycles. The number of aromatic amines is 1. The molecule has 1 aromatic carbocycles. The zero-order valence-electron chi connectivity index (χ0n) is 15.4. The largest absolute Gasteiger partial charge is 0.348 e. The third-order valence-corrected chi connectivity index (χ3v) is 5.14. The first-order valence-electron chi connectivity index (χ1n) is 9.30. The number of hydrogen-bond acceptors (Lipinski definition) is 7. The van der Waals surface area contributed by atoms with E-state index in [4.69, 9.17) is 0 Å². The van der Waals surface area contributed by atoms with E-state index in [1.807, 2.05) is 36.4 Å². The SMILES string of the molecule is Brc1cnc(NCc2cnn(-c3ccccc3)n2)nc1Nc1cc(C2CC2)[nH]n1. The standard InChI is InChI=1S/C19H18BrN9/c20-15-11-22-19(25-18(15)24-17-8-16(26-27-17)12-6-7-12)21-9-13-10-23-29(28-13)14-4-2-1-3-5-14/h1-5,8,10-12H,6-7,9H2,(H3,21,22,24,25,26,27). The molecule has 1 saturated carbocycles. The van der Waals surface area contributed by atoms with Crippen LogP contribution in [0, 0.1) is 0 Å². The molecule has 0 bridgehead atoms. The number of benzene rings is 1. The highest BCUT2D eigenvalue weighted by molar-refractivity contribution is 9.10. The number of anilines is 3. The number of nitrogens with one attached hydrogen (secondary N) is 3. The Kier molecular flexibility index (Phi) is 4.68. The van der Waals surface area contributed by atoms with E-state index in [2.05, 4.69) is 56.9 Å². The molecule has 3 aromatic heterocycles. The van der Waals surface area contributed by atoms with Crippen molar-refractivity contribution >= 4 is 33.5 Å². The molecular weight excluding hydrogens is 434 g/mol. The van der Waals surface area contributed by atoms with Crippen molar-refractivity contribution in [3.8, 4) is 5.69 Å². The molecule has 1 aliphatic carbocycles. The lowest BCUT2D eigenvalue weighted by Crippen LogP contribution is -2.07. The fourth-order valence-electron chi connectivity index (χ4n) is 2.90. The molecule has 0 radical (unpaired) electrons. The fourth-order valence-corrected chi connectivity index (χ4v) is 3.19. The van der Waals surface area contributed by atoms with Crippen molar-refractivity contribution in [2.45, 2.75) is 25.3 Å². The van der Waals surface area contributed by atoms with Crippen molar-refractivity contribution in [2.75, 3.05) is 10.6 Å². The van der Waals surface area contributed by atoms with Crippen LogP contribution in [0.5, 0.6) is 0 Å². The Hall–Kier alpha value is -3.27. The van der Waals surface area contributed by atoms with Crippen LogP contribution in [0.2, 0.25) is 0 Å². The molecule has 0 unspecified atom stereocenters. The summed E-state index contributed by atoms with van der Waals surface area (Å²) < 4.78 is 0.758. The third-order valence-electron chi connectivity index (χ3n) is 4.56. The number of rotatable bonds is 7. The van der Waals surface area contributed by atoms with Crippen LogP contribution in [-0.4, -0.2) is 35.2 Å². The monoisotopic (exact) mass is 451 g/mol. The van der Waals surface area contributed by atoms with Crippen molar-refractivity contribution < 1.29 is 0 Å². The summed E-state index contributed by atoms with van der Waals surface area (Å²) in [7, 11) is 0. The van der Waals surface area contributed by atoms with Crippen molar-refractivity contribution in [1.29, 1.82) is 0 Å². The van der Waals surface area contributed by atoms with E-state index in [1.165, 1.54) is 12.8 Å². The van der Waals surface area contributed by atoms with Gasteiger partial charge < -0.3 is 10.6 Å². The predicted molar refractivity (Wildman–Crippen MR) is 112 cm³/mol. The Morgan fingerprint density at radius 1 is 1.17 bits per heavy atom. The zero-order valence-corrected chi connectivity index (χ0v) is 17.0. The van der Waals surface area contributed by atoms with Gasteiger partial charge in [-0.3, -0.25) is 5.10 Å². The van der Waals surface area contributed by atoms with Gasteiger partial charge in [0.1, 0.15) is 5.69 Å². The molecule has 0 amide bonds. The van der Waals surface area contributed by atoms with E-state index in [9.17, 15) is 0 Å². The molecule has 0 spiro atoms. The second kappa shape index (κ2) is 7.63. The van der Waals surface area contributed by atoms with Gasteiger partial charge in [-0.1, -0.05) is 18.2 Å². The lowest BCUT2D eigenvalue weighted by Gasteiger charge is -2.07. The van der Waals surface area contributed by atoms with Crippen molar-refractivity contribution in [3.05, 3.63) is 64.7 Å². The summed E-state index contributed by atoms with van der Waals surface area (Å²) >= 11 is 3.48. The summed E-state index contributed by atoms with van der Waals surface area (Å²) in [5, 5.41) is 22.6. The number of halogens is 1. The maximum atomic E-state index is 4.53. The van der Waals surface area contributed by atoms with Gasteiger partial charge in [-0.05, 0) is 40.9 Å². The Bertz CT molecular complexity index is 1120. The zero-order chi connectivity index (χ0) is 19.6. The highest BCUT2D eigenvalue weighted by Crippen LogP contribution is 2.39. The summed E-state index contributed by atoms with van der Waals surface area (Å²) in [5.74, 6) is 2.49. The first-order valence-corrected chi connectivity index (χ1v) is 10.1. The highest BCUT2D eigenvalue weighted by Gasteiger charge is 2.25. The molecule has 1 aliphatic rings. The average Bonchev–Trinajstić information content (AvgIpc) is 3.31.